The fourth-order valence-corrected chi connectivity index (χ4v) is 3.90. The molecule has 6 nitrogen and oxygen atoms in total. The van der Waals surface area contributed by atoms with Crippen molar-refractivity contribution in [2.24, 2.45) is 5.92 Å². The van der Waals surface area contributed by atoms with Crippen LogP contribution in [0.2, 0.25) is 0 Å². The summed E-state index contributed by atoms with van der Waals surface area (Å²) in [5, 5.41) is 14.8. The average Bonchev–Trinajstić information content (AvgIpc) is 3.09. The van der Waals surface area contributed by atoms with Gasteiger partial charge in [0.1, 0.15) is 5.75 Å². The van der Waals surface area contributed by atoms with Crippen LogP contribution in [0.5, 0.6) is 5.75 Å². The Kier molecular flexibility index (Phi) is 5.39. The maximum Gasteiger partial charge on any atom is 0.272 e. The van der Waals surface area contributed by atoms with Crippen LogP contribution in [-0.4, -0.2) is 39.3 Å². The van der Waals surface area contributed by atoms with Gasteiger partial charge in [0, 0.05) is 42.1 Å². The van der Waals surface area contributed by atoms with E-state index >= 15 is 0 Å². The normalized spacial score (nSPS) is 18.1. The third-order valence-corrected chi connectivity index (χ3v) is 5.47. The number of aromatic nitrogens is 2. The van der Waals surface area contributed by atoms with Crippen molar-refractivity contribution in [1.82, 2.24) is 14.9 Å². The van der Waals surface area contributed by atoms with Crippen LogP contribution in [0.25, 0.3) is 10.9 Å². The number of para-hydroxylation sites is 1. The topological polar surface area (TPSA) is 76.4 Å². The van der Waals surface area contributed by atoms with Crippen molar-refractivity contribution in [3.8, 4) is 5.75 Å². The third-order valence-electron chi connectivity index (χ3n) is 5.47. The summed E-state index contributed by atoms with van der Waals surface area (Å²) in [5.74, 6) is 0.855. The van der Waals surface area contributed by atoms with Gasteiger partial charge in [-0.25, -0.2) is 0 Å². The molecule has 0 spiro atoms. The monoisotopic (exact) mass is 393 g/mol. The lowest BCUT2D eigenvalue weighted by Gasteiger charge is -2.26. The fourth-order valence-electron chi connectivity index (χ4n) is 3.90. The molecule has 0 amide bonds. The number of ether oxygens (including phenoxy) is 1. The molecule has 1 unspecified atom stereocenters. The minimum absolute atomic E-state index is 0.0115. The van der Waals surface area contributed by atoms with E-state index in [0.717, 1.165) is 34.2 Å². The van der Waals surface area contributed by atoms with E-state index in [2.05, 4.69) is 17.2 Å². The lowest BCUT2D eigenvalue weighted by Crippen LogP contribution is -2.39. The molecule has 3 aromatic rings. The van der Waals surface area contributed by atoms with Crippen molar-refractivity contribution >= 4 is 16.8 Å². The van der Waals surface area contributed by atoms with Gasteiger partial charge in [-0.15, -0.1) is 0 Å². The first-order valence-corrected chi connectivity index (χ1v) is 10.1. The second-order valence-corrected chi connectivity index (χ2v) is 8.11. The van der Waals surface area contributed by atoms with E-state index < -0.39 is 12.2 Å². The zero-order valence-electron chi connectivity index (χ0n) is 17.0. The van der Waals surface area contributed by atoms with Crippen LogP contribution >= 0.6 is 0 Å². The lowest BCUT2D eigenvalue weighted by atomic mass is 10.0. The molecule has 2 N–H and O–H groups in total. The van der Waals surface area contributed by atoms with Gasteiger partial charge in [0.25, 0.3) is 5.91 Å². The predicted octanol–water partition coefficient (Wildman–Crippen LogP) is 3.35. The molecule has 3 heterocycles. The number of pyridine rings is 1. The van der Waals surface area contributed by atoms with Gasteiger partial charge < -0.3 is 15.2 Å². The van der Waals surface area contributed by atoms with Crippen LogP contribution in [-0.2, 0) is 6.42 Å². The molecular formula is C23H27N3O3. The molecule has 1 aliphatic heterocycles. The number of aliphatic hydroxyl groups excluding tert-OH is 1. The van der Waals surface area contributed by atoms with E-state index in [-0.39, 0.29) is 17.9 Å². The van der Waals surface area contributed by atoms with Gasteiger partial charge in [-0.1, -0.05) is 32.0 Å². The largest absolute Gasteiger partial charge is 0.478 e. The molecule has 4 rings (SSSR count). The summed E-state index contributed by atoms with van der Waals surface area (Å²) in [4.78, 5) is 17.0. The number of hydrogen-bond acceptors (Lipinski definition) is 5. The summed E-state index contributed by atoms with van der Waals surface area (Å²) in [7, 11) is 0. The molecule has 3 atom stereocenters. The molecule has 2 aromatic heterocycles. The third kappa shape index (κ3) is 3.78. The van der Waals surface area contributed by atoms with E-state index in [4.69, 9.17) is 4.74 Å². The van der Waals surface area contributed by atoms with Crippen LogP contribution in [0.1, 0.15) is 42.8 Å². The highest BCUT2D eigenvalue weighted by Crippen LogP contribution is 2.35. The molecule has 0 radical (unpaired) electrons. The Balaban J connectivity index is 1.51. The van der Waals surface area contributed by atoms with Gasteiger partial charge >= 0.3 is 0 Å². The molecule has 1 aliphatic rings. The zero-order chi connectivity index (χ0) is 20.5. The Labute approximate surface area is 170 Å². The zero-order valence-corrected chi connectivity index (χ0v) is 17.0. The highest BCUT2D eigenvalue weighted by Gasteiger charge is 2.33. The summed E-state index contributed by atoms with van der Waals surface area (Å²) in [6, 6.07) is 9.75. The second-order valence-electron chi connectivity index (χ2n) is 8.11. The summed E-state index contributed by atoms with van der Waals surface area (Å²) in [6.07, 6.45) is 4.99. The van der Waals surface area contributed by atoms with Gasteiger partial charge in [0.05, 0.1) is 11.6 Å². The maximum absolute atomic E-state index is 12.9. The minimum Gasteiger partial charge on any atom is -0.478 e. The van der Waals surface area contributed by atoms with E-state index in [1.54, 1.807) is 17.0 Å². The summed E-state index contributed by atoms with van der Waals surface area (Å²) in [6.45, 7) is 6.52. The first-order chi connectivity index (χ1) is 14.0. The second kappa shape index (κ2) is 7.97. The molecule has 0 fully saturated rings. The average molecular weight is 393 g/mol. The molecule has 6 heteroatoms. The van der Waals surface area contributed by atoms with Crippen molar-refractivity contribution < 1.29 is 14.6 Å². The summed E-state index contributed by atoms with van der Waals surface area (Å²) < 4.78 is 7.75. The predicted molar refractivity (Wildman–Crippen MR) is 112 cm³/mol. The number of nitrogens with zero attached hydrogens (tertiary/aromatic N) is 2. The highest BCUT2D eigenvalue weighted by atomic mass is 16.5. The number of carbonyl (C=O) groups is 1. The molecule has 1 aromatic carbocycles. The lowest BCUT2D eigenvalue weighted by molar-refractivity contribution is 0.0596. The quantitative estimate of drug-likeness (QED) is 0.644. The molecule has 0 bridgehead atoms. The van der Waals surface area contributed by atoms with Crippen molar-refractivity contribution in [2.75, 3.05) is 6.54 Å². The number of rotatable bonds is 7. The standard InChI is InChI=1S/C23H27N3O3/c1-14(2)22-23(28)26-13-17(18-7-4-8-20(29-22)21(18)26)10-15(3)25-12-19(27)16-6-5-9-24-11-16/h4-9,11,13-15,19,22,25,27H,10,12H2,1-3H3/t15-,19+,22?/m1/s1. The number of nitrogens with one attached hydrogen (secondary N) is 1. The van der Waals surface area contributed by atoms with Crippen LogP contribution in [0.15, 0.2) is 48.9 Å². The van der Waals surface area contributed by atoms with Gasteiger partial charge in [0.2, 0.25) is 0 Å². The van der Waals surface area contributed by atoms with Crippen molar-refractivity contribution in [3.63, 3.8) is 0 Å². The Hall–Kier alpha value is -2.70. The molecule has 29 heavy (non-hydrogen) atoms. The number of benzene rings is 1. The Morgan fingerprint density at radius 1 is 1.24 bits per heavy atom. The Morgan fingerprint density at radius 3 is 2.79 bits per heavy atom. The Morgan fingerprint density at radius 2 is 2.07 bits per heavy atom. The fraction of sp³-hybridized carbons (Fsp3) is 0.391. The van der Waals surface area contributed by atoms with Gasteiger partial charge in [-0.2, -0.15) is 0 Å². The van der Waals surface area contributed by atoms with Gasteiger partial charge in [0.15, 0.2) is 6.10 Å². The van der Waals surface area contributed by atoms with Crippen LogP contribution in [0, 0.1) is 5.92 Å². The SMILES string of the molecule is CC(C)C1Oc2cccc3c(C[C@@H](C)NC[C@H](O)c4cccnc4)cn(c23)C1=O. The maximum atomic E-state index is 12.9. The van der Waals surface area contributed by atoms with Gasteiger partial charge in [-0.3, -0.25) is 14.3 Å². The van der Waals surface area contributed by atoms with E-state index in [9.17, 15) is 9.90 Å². The van der Waals surface area contributed by atoms with E-state index in [0.29, 0.717) is 6.54 Å². The van der Waals surface area contributed by atoms with Crippen LogP contribution in [0.4, 0.5) is 0 Å². The summed E-state index contributed by atoms with van der Waals surface area (Å²) in [5.41, 5.74) is 2.74. The molecule has 0 aliphatic carbocycles. The number of hydrogen-bond donors (Lipinski definition) is 2. The van der Waals surface area contributed by atoms with Crippen molar-refractivity contribution in [2.45, 2.75) is 45.4 Å². The van der Waals surface area contributed by atoms with Crippen molar-refractivity contribution in [1.29, 1.82) is 0 Å². The highest BCUT2D eigenvalue weighted by molar-refractivity contribution is 6.01. The van der Waals surface area contributed by atoms with Crippen molar-refractivity contribution in [3.05, 3.63) is 60.0 Å². The number of aliphatic hydroxyl groups is 1. The molecule has 0 saturated carbocycles. The molecule has 152 valence electrons. The van der Waals surface area contributed by atoms with Gasteiger partial charge in [-0.05, 0) is 37.0 Å². The first-order valence-electron chi connectivity index (χ1n) is 10.1. The molecular weight excluding hydrogens is 366 g/mol. The first kappa shape index (κ1) is 19.6. The van der Waals surface area contributed by atoms with E-state index in [1.807, 2.05) is 50.4 Å². The van der Waals surface area contributed by atoms with E-state index in [1.165, 1.54) is 0 Å². The van der Waals surface area contributed by atoms with Crippen LogP contribution < -0.4 is 10.1 Å². The Bertz CT molecular complexity index is 1010. The molecule has 0 saturated heterocycles. The number of carbonyl (C=O) groups excluding carboxylic acids is 1. The summed E-state index contributed by atoms with van der Waals surface area (Å²) >= 11 is 0. The smallest absolute Gasteiger partial charge is 0.272 e. The minimum atomic E-state index is -0.608. The van der Waals surface area contributed by atoms with Crippen LogP contribution in [0.3, 0.4) is 0 Å².